The first-order valence-corrected chi connectivity index (χ1v) is 17.8. The summed E-state index contributed by atoms with van der Waals surface area (Å²) in [5.41, 5.74) is 13.9. The van der Waals surface area contributed by atoms with E-state index in [1.165, 1.54) is 0 Å². The van der Waals surface area contributed by atoms with Gasteiger partial charge in [-0.2, -0.15) is 10.5 Å². The van der Waals surface area contributed by atoms with Crippen LogP contribution in [0.1, 0.15) is 11.1 Å². The molecule has 2 heterocycles. The molecule has 0 saturated carbocycles. The van der Waals surface area contributed by atoms with Gasteiger partial charge in [-0.05, 0) is 123 Å². The van der Waals surface area contributed by atoms with Gasteiger partial charge < -0.3 is 8.83 Å². The minimum absolute atomic E-state index is 0.583. The predicted molar refractivity (Wildman–Crippen MR) is 218 cm³/mol. The maximum atomic E-state index is 10.1. The summed E-state index contributed by atoms with van der Waals surface area (Å²) < 4.78 is 12.9. The molecule has 54 heavy (non-hydrogen) atoms. The lowest BCUT2D eigenvalue weighted by atomic mass is 9.88. The molecule has 0 atom stereocenters. The molecule has 8 aromatic carbocycles. The van der Waals surface area contributed by atoms with Crippen molar-refractivity contribution >= 4 is 43.9 Å². The first kappa shape index (κ1) is 31.1. The van der Waals surface area contributed by atoms with E-state index >= 15 is 0 Å². The second-order valence-electron chi connectivity index (χ2n) is 13.5. The Bertz CT molecular complexity index is 3130. The van der Waals surface area contributed by atoms with Crippen LogP contribution in [0.5, 0.6) is 0 Å². The molecule has 0 bridgehead atoms. The molecule has 0 aliphatic carbocycles. The molecule has 0 unspecified atom stereocenters. The van der Waals surface area contributed by atoms with Crippen LogP contribution in [0.3, 0.4) is 0 Å². The maximum Gasteiger partial charge on any atom is 0.143 e. The molecule has 0 radical (unpaired) electrons. The van der Waals surface area contributed by atoms with E-state index in [1.54, 1.807) is 0 Å². The second kappa shape index (κ2) is 12.5. The minimum Gasteiger partial charge on any atom is -0.456 e. The molecule has 0 aliphatic heterocycles. The molecule has 0 spiro atoms. The third-order valence-electron chi connectivity index (χ3n) is 10.3. The molecular weight excluding hydrogens is 661 g/mol. The zero-order valence-electron chi connectivity index (χ0n) is 28.9. The number of benzene rings is 8. The van der Waals surface area contributed by atoms with Crippen LogP contribution in [-0.2, 0) is 0 Å². The predicted octanol–water partition coefficient (Wildman–Crippen LogP) is 13.6. The van der Waals surface area contributed by atoms with Crippen molar-refractivity contribution < 1.29 is 8.83 Å². The number of fused-ring (bicyclic) bond motifs is 6. The quantitative estimate of drug-likeness (QED) is 0.180. The van der Waals surface area contributed by atoms with Gasteiger partial charge in [0.2, 0.25) is 0 Å². The molecule has 0 amide bonds. The van der Waals surface area contributed by atoms with E-state index in [4.69, 9.17) is 8.83 Å². The van der Waals surface area contributed by atoms with Crippen LogP contribution in [0.4, 0.5) is 0 Å². The average Bonchev–Trinajstić information content (AvgIpc) is 3.81. The maximum absolute atomic E-state index is 10.1. The van der Waals surface area contributed by atoms with Crippen LogP contribution in [0, 0.1) is 22.7 Å². The van der Waals surface area contributed by atoms with Gasteiger partial charge in [-0.1, -0.05) is 97.1 Å². The molecule has 0 saturated heterocycles. The SMILES string of the molecule is N#Cc1ccccc1-c1cc(-c2cc(-c3ccc4c(c3)oc3ccccc34)cc(-c3cccc4c3oc3ccccc34)c2)cc(-c2ccccc2C#N)c1. The van der Waals surface area contributed by atoms with Crippen LogP contribution in [0.25, 0.3) is 99.5 Å². The number of furan rings is 2. The van der Waals surface area contributed by atoms with Crippen molar-refractivity contribution in [1.29, 1.82) is 10.5 Å². The van der Waals surface area contributed by atoms with E-state index in [0.29, 0.717) is 11.1 Å². The lowest BCUT2D eigenvalue weighted by Crippen LogP contribution is -1.91. The lowest BCUT2D eigenvalue weighted by Gasteiger charge is -2.15. The largest absolute Gasteiger partial charge is 0.456 e. The molecule has 0 aliphatic rings. The van der Waals surface area contributed by atoms with Crippen molar-refractivity contribution in [2.45, 2.75) is 0 Å². The zero-order chi connectivity index (χ0) is 36.2. The Balaban J connectivity index is 1.25. The highest BCUT2D eigenvalue weighted by Gasteiger charge is 2.18. The Morgan fingerprint density at radius 2 is 0.759 bits per heavy atom. The van der Waals surface area contributed by atoms with Crippen LogP contribution < -0.4 is 0 Å². The fraction of sp³-hybridized carbons (Fsp3) is 0. The summed E-state index contributed by atoms with van der Waals surface area (Å²) in [5, 5.41) is 24.5. The molecule has 250 valence electrons. The fourth-order valence-corrected chi connectivity index (χ4v) is 7.77. The summed E-state index contributed by atoms with van der Waals surface area (Å²) in [6.07, 6.45) is 0. The van der Waals surface area contributed by atoms with E-state index in [-0.39, 0.29) is 0 Å². The summed E-state index contributed by atoms with van der Waals surface area (Å²) >= 11 is 0. The fourth-order valence-electron chi connectivity index (χ4n) is 7.77. The van der Waals surface area contributed by atoms with Gasteiger partial charge in [0.05, 0.1) is 23.3 Å². The van der Waals surface area contributed by atoms with E-state index in [1.807, 2.05) is 84.9 Å². The highest BCUT2D eigenvalue weighted by molar-refractivity contribution is 6.10. The van der Waals surface area contributed by atoms with Crippen molar-refractivity contribution in [3.63, 3.8) is 0 Å². The van der Waals surface area contributed by atoms with Crippen LogP contribution in [-0.4, -0.2) is 0 Å². The Morgan fingerprint density at radius 1 is 0.315 bits per heavy atom. The van der Waals surface area contributed by atoms with Crippen molar-refractivity contribution in [3.8, 4) is 67.8 Å². The van der Waals surface area contributed by atoms with Gasteiger partial charge in [-0.15, -0.1) is 0 Å². The molecular formula is C50H28N2O2. The molecule has 10 aromatic rings. The Morgan fingerprint density at radius 3 is 1.41 bits per heavy atom. The van der Waals surface area contributed by atoms with Crippen LogP contribution in [0.2, 0.25) is 0 Å². The number of nitrogens with zero attached hydrogens (tertiary/aromatic N) is 2. The third-order valence-corrected chi connectivity index (χ3v) is 10.3. The van der Waals surface area contributed by atoms with Crippen molar-refractivity contribution in [2.24, 2.45) is 0 Å². The van der Waals surface area contributed by atoms with Gasteiger partial charge in [-0.3, -0.25) is 0 Å². The smallest absolute Gasteiger partial charge is 0.143 e. The molecule has 2 aromatic heterocycles. The molecule has 4 nitrogen and oxygen atoms in total. The number of hydrogen-bond donors (Lipinski definition) is 0. The Labute approximate surface area is 311 Å². The van der Waals surface area contributed by atoms with Gasteiger partial charge in [0, 0.05) is 27.1 Å². The van der Waals surface area contributed by atoms with Crippen molar-refractivity contribution in [3.05, 3.63) is 181 Å². The third kappa shape index (κ3) is 5.14. The molecule has 4 heteroatoms. The first-order valence-electron chi connectivity index (χ1n) is 17.8. The van der Waals surface area contributed by atoms with Crippen molar-refractivity contribution in [2.75, 3.05) is 0 Å². The molecule has 10 rings (SSSR count). The highest BCUT2D eigenvalue weighted by atomic mass is 16.3. The first-order chi connectivity index (χ1) is 26.6. The standard InChI is InChI=1S/C50H28N2O2/c51-29-32-10-1-3-12-40(32)37-24-36(25-38(27-37)41-13-4-2-11-33(41)30-52)35-22-34(31-20-21-45-43-14-5-7-18-47(43)53-49(45)28-31)23-39(26-35)42-16-9-17-46-44-15-6-8-19-48(44)54-50(42)46/h1-28H. The van der Waals surface area contributed by atoms with Gasteiger partial charge >= 0.3 is 0 Å². The Hall–Kier alpha value is -7.66. The number of para-hydroxylation sites is 3. The van der Waals surface area contributed by atoms with Gasteiger partial charge in [0.25, 0.3) is 0 Å². The number of hydrogen-bond acceptors (Lipinski definition) is 4. The number of rotatable bonds is 5. The van der Waals surface area contributed by atoms with Gasteiger partial charge in [0.15, 0.2) is 0 Å². The summed E-state index contributed by atoms with van der Waals surface area (Å²) in [6.45, 7) is 0. The summed E-state index contributed by atoms with van der Waals surface area (Å²) in [4.78, 5) is 0. The zero-order valence-corrected chi connectivity index (χ0v) is 28.9. The number of nitriles is 2. The summed E-state index contributed by atoms with van der Waals surface area (Å²) in [5.74, 6) is 0. The minimum atomic E-state index is 0.583. The highest BCUT2D eigenvalue weighted by Crippen LogP contribution is 2.42. The van der Waals surface area contributed by atoms with E-state index in [0.717, 1.165) is 99.5 Å². The summed E-state index contributed by atoms with van der Waals surface area (Å²) in [7, 11) is 0. The van der Waals surface area contributed by atoms with E-state index in [2.05, 4.69) is 97.1 Å². The summed E-state index contributed by atoms with van der Waals surface area (Å²) in [6, 6.07) is 62.0. The van der Waals surface area contributed by atoms with Gasteiger partial charge in [0.1, 0.15) is 22.3 Å². The van der Waals surface area contributed by atoms with Crippen LogP contribution >= 0.6 is 0 Å². The second-order valence-corrected chi connectivity index (χ2v) is 13.5. The lowest BCUT2D eigenvalue weighted by molar-refractivity contribution is 0.669. The molecule has 0 N–H and O–H groups in total. The van der Waals surface area contributed by atoms with E-state index in [9.17, 15) is 10.5 Å². The van der Waals surface area contributed by atoms with Gasteiger partial charge in [-0.25, -0.2) is 0 Å². The molecule has 0 fully saturated rings. The normalized spacial score (nSPS) is 11.3. The van der Waals surface area contributed by atoms with Crippen LogP contribution in [0.15, 0.2) is 179 Å². The monoisotopic (exact) mass is 688 g/mol. The van der Waals surface area contributed by atoms with E-state index < -0.39 is 0 Å². The van der Waals surface area contributed by atoms with Crippen molar-refractivity contribution in [1.82, 2.24) is 0 Å². The average molecular weight is 689 g/mol. The topological polar surface area (TPSA) is 73.9 Å². The Kier molecular flexibility index (Phi) is 7.22.